The number of nitrogens with zero attached hydrogens (tertiary/aromatic N) is 1. The molecule has 1 nitrogen and oxygen atoms in total. The molecule has 0 aliphatic rings. The van der Waals surface area contributed by atoms with Crippen molar-refractivity contribution in [3.63, 3.8) is 0 Å². The molecule has 194 valence electrons. The van der Waals surface area contributed by atoms with Gasteiger partial charge < -0.3 is 4.57 Å². The Kier molecular flexibility index (Phi) is 6.04. The third-order valence-corrected chi connectivity index (χ3v) is 9.14. The molecule has 0 atom stereocenters. The summed E-state index contributed by atoms with van der Waals surface area (Å²) in [6, 6.07) is 32.3. The Bertz CT molecular complexity index is 1890. The van der Waals surface area contributed by atoms with Crippen LogP contribution in [0.4, 0.5) is 0 Å². The number of hydrogen-bond acceptors (Lipinski definition) is 0. The minimum Gasteiger partial charge on any atom is -0.340 e. The van der Waals surface area contributed by atoms with Gasteiger partial charge in [-0.25, -0.2) is 0 Å². The normalized spacial score (nSPS) is 12.2. The molecule has 0 amide bonds. The quantitative estimate of drug-likeness (QED) is 0.142. The fraction of sp³-hybridized carbons (Fsp3) is 0.263. The van der Waals surface area contributed by atoms with Crippen molar-refractivity contribution in [3.8, 4) is 0 Å². The van der Waals surface area contributed by atoms with E-state index in [2.05, 4.69) is 110 Å². The van der Waals surface area contributed by atoms with Crippen molar-refractivity contribution in [1.29, 1.82) is 0 Å². The Morgan fingerprint density at radius 3 is 1.38 bits per heavy atom. The van der Waals surface area contributed by atoms with E-state index < -0.39 is 0 Å². The molecular weight excluding hydrogens is 470 g/mol. The van der Waals surface area contributed by atoms with Crippen LogP contribution in [-0.2, 0) is 32.2 Å². The van der Waals surface area contributed by atoms with E-state index in [-0.39, 0.29) is 0 Å². The summed E-state index contributed by atoms with van der Waals surface area (Å²) < 4.78 is 2.53. The smallest absolute Gasteiger partial charge is 0.0491 e. The minimum absolute atomic E-state index is 1.06. The number of hydrogen-bond donors (Lipinski definition) is 0. The van der Waals surface area contributed by atoms with Gasteiger partial charge in [0.05, 0.1) is 0 Å². The molecule has 0 fully saturated rings. The van der Waals surface area contributed by atoms with E-state index in [1.54, 1.807) is 0 Å². The summed E-state index contributed by atoms with van der Waals surface area (Å²) in [4.78, 5) is 0. The monoisotopic (exact) mass is 507 g/mol. The molecule has 7 rings (SSSR count). The highest BCUT2D eigenvalue weighted by Crippen LogP contribution is 2.41. The van der Waals surface area contributed by atoms with Crippen LogP contribution in [-0.4, -0.2) is 4.57 Å². The lowest BCUT2D eigenvalue weighted by Crippen LogP contribution is -2.00. The van der Waals surface area contributed by atoms with E-state index in [9.17, 15) is 0 Å². The molecule has 6 aromatic carbocycles. The topological polar surface area (TPSA) is 4.93 Å². The summed E-state index contributed by atoms with van der Waals surface area (Å²) in [5, 5.41) is 11.6. The summed E-state index contributed by atoms with van der Waals surface area (Å²) in [5.41, 5.74) is 8.71. The third-order valence-electron chi connectivity index (χ3n) is 9.14. The van der Waals surface area contributed by atoms with Crippen molar-refractivity contribution in [1.82, 2.24) is 4.57 Å². The van der Waals surface area contributed by atoms with Gasteiger partial charge in [0.15, 0.2) is 0 Å². The molecular formula is C38H37N. The van der Waals surface area contributed by atoms with Gasteiger partial charge in [0.1, 0.15) is 0 Å². The highest BCUT2D eigenvalue weighted by Gasteiger charge is 2.17. The van der Waals surface area contributed by atoms with Gasteiger partial charge in [0.2, 0.25) is 0 Å². The zero-order chi connectivity index (χ0) is 26.5. The predicted molar refractivity (Wildman–Crippen MR) is 171 cm³/mol. The van der Waals surface area contributed by atoms with E-state index >= 15 is 0 Å². The van der Waals surface area contributed by atoms with Gasteiger partial charge in [-0.15, -0.1) is 0 Å². The van der Waals surface area contributed by atoms with Crippen molar-refractivity contribution >= 4 is 54.1 Å². The van der Waals surface area contributed by atoms with Crippen molar-refractivity contribution in [2.75, 3.05) is 0 Å². The Balaban J connectivity index is 1.27. The van der Waals surface area contributed by atoms with E-state index in [1.807, 2.05) is 0 Å². The van der Waals surface area contributed by atoms with E-state index in [1.165, 1.54) is 89.2 Å². The molecule has 1 aromatic heterocycles. The molecule has 0 bridgehead atoms. The third kappa shape index (κ3) is 3.74. The summed E-state index contributed by atoms with van der Waals surface area (Å²) in [6.45, 7) is 7.96. The number of benzene rings is 6. The van der Waals surface area contributed by atoms with Crippen molar-refractivity contribution in [2.24, 2.45) is 0 Å². The zero-order valence-electron chi connectivity index (χ0n) is 23.5. The van der Waals surface area contributed by atoms with Crippen LogP contribution in [0.15, 0.2) is 84.9 Å². The van der Waals surface area contributed by atoms with Gasteiger partial charge in [-0.2, -0.15) is 0 Å². The average molecular weight is 508 g/mol. The first-order valence-electron chi connectivity index (χ1n) is 14.9. The minimum atomic E-state index is 1.06. The molecule has 0 spiro atoms. The molecule has 0 N–H and O–H groups in total. The Hall–Kier alpha value is -3.84. The van der Waals surface area contributed by atoms with Crippen LogP contribution < -0.4 is 0 Å². The van der Waals surface area contributed by atoms with E-state index in [4.69, 9.17) is 0 Å². The van der Waals surface area contributed by atoms with Crippen LogP contribution in [0.2, 0.25) is 0 Å². The highest BCUT2D eigenvalue weighted by molar-refractivity contribution is 6.25. The molecule has 0 aliphatic heterocycles. The zero-order valence-corrected chi connectivity index (χ0v) is 23.5. The number of para-hydroxylation sites is 2. The Morgan fingerprint density at radius 1 is 0.462 bits per heavy atom. The van der Waals surface area contributed by atoms with Crippen molar-refractivity contribution < 1.29 is 0 Å². The maximum atomic E-state index is 2.53. The fourth-order valence-corrected chi connectivity index (χ4v) is 7.21. The Labute approximate surface area is 231 Å². The second-order valence-corrected chi connectivity index (χ2v) is 11.2. The Morgan fingerprint density at radius 2 is 0.897 bits per heavy atom. The van der Waals surface area contributed by atoms with E-state index in [0.717, 1.165) is 32.2 Å². The van der Waals surface area contributed by atoms with Crippen LogP contribution in [0.25, 0.3) is 54.1 Å². The lowest BCUT2D eigenvalue weighted by atomic mass is 9.84. The first kappa shape index (κ1) is 24.2. The molecule has 1 heterocycles. The van der Waals surface area contributed by atoms with Gasteiger partial charge in [-0.3, -0.25) is 0 Å². The SMILES string of the molecule is CCc1cc(CC)c2ccc3c(CCCCn4c5ccccc5c5ccccc54)cc(CC)c4ccc1c2c43. The number of rotatable bonds is 8. The molecule has 39 heavy (non-hydrogen) atoms. The lowest BCUT2D eigenvalue weighted by Gasteiger charge is -2.20. The molecule has 0 saturated carbocycles. The second-order valence-electron chi connectivity index (χ2n) is 11.2. The van der Waals surface area contributed by atoms with Crippen LogP contribution >= 0.6 is 0 Å². The van der Waals surface area contributed by atoms with Gasteiger partial charge in [0, 0.05) is 28.4 Å². The largest absolute Gasteiger partial charge is 0.340 e. The average Bonchev–Trinajstić information content (AvgIpc) is 3.31. The fourth-order valence-electron chi connectivity index (χ4n) is 7.21. The standard InChI is InChI=1S/C38H37N/c1-4-25-23-26(5-2)30-20-21-32-28(24-27(6-3)31-19-18-29(25)37(30)38(31)32)13-11-12-22-39-35-16-9-7-14-33(35)34-15-8-10-17-36(34)39/h7-10,14-21,23-24H,4-6,11-13,22H2,1-3H3. The van der Waals surface area contributed by atoms with Crippen molar-refractivity contribution in [3.05, 3.63) is 107 Å². The summed E-state index contributed by atoms with van der Waals surface area (Å²) >= 11 is 0. The number of aromatic nitrogens is 1. The number of aryl methyl sites for hydroxylation is 5. The van der Waals surface area contributed by atoms with Crippen LogP contribution in [0, 0.1) is 0 Å². The van der Waals surface area contributed by atoms with Crippen LogP contribution in [0.1, 0.15) is 55.9 Å². The molecule has 0 unspecified atom stereocenters. The molecule has 0 radical (unpaired) electrons. The van der Waals surface area contributed by atoms with Gasteiger partial charge in [-0.1, -0.05) is 93.6 Å². The lowest BCUT2D eigenvalue weighted by molar-refractivity contribution is 0.637. The van der Waals surface area contributed by atoms with Crippen LogP contribution in [0.3, 0.4) is 0 Å². The van der Waals surface area contributed by atoms with Crippen molar-refractivity contribution in [2.45, 2.75) is 65.8 Å². The maximum Gasteiger partial charge on any atom is 0.0491 e. The molecule has 0 saturated heterocycles. The molecule has 1 heteroatoms. The van der Waals surface area contributed by atoms with Gasteiger partial charge >= 0.3 is 0 Å². The second kappa shape index (κ2) is 9.72. The summed E-state index contributed by atoms with van der Waals surface area (Å²) in [5.74, 6) is 0. The highest BCUT2D eigenvalue weighted by atomic mass is 15.0. The molecule has 7 aromatic rings. The van der Waals surface area contributed by atoms with Crippen LogP contribution in [0.5, 0.6) is 0 Å². The van der Waals surface area contributed by atoms with Gasteiger partial charge in [0.25, 0.3) is 0 Å². The number of fused-ring (bicyclic) bond motifs is 3. The predicted octanol–water partition coefficient (Wildman–Crippen LogP) is 10.4. The van der Waals surface area contributed by atoms with E-state index in [0.29, 0.717) is 0 Å². The summed E-state index contributed by atoms with van der Waals surface area (Å²) in [6.07, 6.45) is 6.72. The first-order valence-corrected chi connectivity index (χ1v) is 14.9. The maximum absolute atomic E-state index is 2.53. The van der Waals surface area contributed by atoms with Gasteiger partial charge in [-0.05, 0) is 105 Å². The first-order chi connectivity index (χ1) is 19.2. The summed E-state index contributed by atoms with van der Waals surface area (Å²) in [7, 11) is 0. The molecule has 0 aliphatic carbocycles. The number of unbranched alkanes of at least 4 members (excludes halogenated alkanes) is 1.